The van der Waals surface area contributed by atoms with E-state index in [-0.39, 0.29) is 17.7 Å². The molecule has 0 aliphatic heterocycles. The normalized spacial score (nSPS) is 9.50. The molecule has 0 bridgehead atoms. The highest BCUT2D eigenvalue weighted by atomic mass is 19.1. The van der Waals surface area contributed by atoms with E-state index in [0.717, 1.165) is 0 Å². The van der Waals surface area contributed by atoms with E-state index in [9.17, 15) is 9.18 Å². The van der Waals surface area contributed by atoms with Crippen molar-refractivity contribution in [1.82, 2.24) is 0 Å². The lowest BCUT2D eigenvalue weighted by Crippen LogP contribution is -2.09. The predicted molar refractivity (Wildman–Crippen MR) is 46.0 cm³/mol. The molecule has 0 amide bonds. The van der Waals surface area contributed by atoms with E-state index in [2.05, 4.69) is 0 Å². The molecule has 14 heavy (non-hydrogen) atoms. The first-order valence-corrected chi connectivity index (χ1v) is 3.76. The van der Waals surface area contributed by atoms with E-state index in [4.69, 9.17) is 16.1 Å². The fourth-order valence-corrected chi connectivity index (χ4v) is 1.08. The van der Waals surface area contributed by atoms with Crippen LogP contribution in [0, 0.1) is 17.1 Å². The van der Waals surface area contributed by atoms with Gasteiger partial charge in [-0.1, -0.05) is 6.07 Å². The first-order chi connectivity index (χ1) is 6.61. The van der Waals surface area contributed by atoms with E-state index in [1.165, 1.54) is 12.1 Å². The number of carbonyl (C=O) groups is 1. The van der Waals surface area contributed by atoms with Gasteiger partial charge in [-0.25, -0.2) is 9.18 Å². The maximum Gasteiger partial charge on any atom is 0.340 e. The second kappa shape index (κ2) is 3.85. The lowest BCUT2D eigenvalue weighted by molar-refractivity contribution is 0.0691. The zero-order valence-electron chi connectivity index (χ0n) is 7.12. The fourth-order valence-electron chi connectivity index (χ4n) is 1.08. The van der Waals surface area contributed by atoms with Crippen molar-refractivity contribution in [3.05, 3.63) is 34.6 Å². The number of aromatic carboxylic acids is 1. The average molecular weight is 194 g/mol. The van der Waals surface area contributed by atoms with Gasteiger partial charge in [0.25, 0.3) is 0 Å². The third-order valence-corrected chi connectivity index (χ3v) is 1.78. The predicted octanol–water partition coefficient (Wildman–Crippen LogP) is 0.854. The molecule has 0 atom stereocenters. The van der Waals surface area contributed by atoms with Crippen LogP contribution in [-0.2, 0) is 6.54 Å². The monoisotopic (exact) mass is 194 g/mol. The van der Waals surface area contributed by atoms with Crippen LogP contribution < -0.4 is 5.73 Å². The summed E-state index contributed by atoms with van der Waals surface area (Å²) < 4.78 is 13.4. The van der Waals surface area contributed by atoms with Gasteiger partial charge in [0.2, 0.25) is 0 Å². The number of nitrogens with zero attached hydrogens (tertiary/aromatic N) is 1. The van der Waals surface area contributed by atoms with E-state index >= 15 is 0 Å². The molecule has 0 aliphatic rings. The Morgan fingerprint density at radius 1 is 1.64 bits per heavy atom. The molecule has 0 aromatic heterocycles. The van der Waals surface area contributed by atoms with Crippen molar-refractivity contribution in [3.63, 3.8) is 0 Å². The lowest BCUT2D eigenvalue weighted by Gasteiger charge is -2.04. The lowest BCUT2D eigenvalue weighted by atomic mass is 10.0. The summed E-state index contributed by atoms with van der Waals surface area (Å²) in [5.74, 6) is -2.40. The first-order valence-electron chi connectivity index (χ1n) is 3.76. The minimum atomic E-state index is -1.46. The summed E-state index contributed by atoms with van der Waals surface area (Å²) in [5, 5.41) is 17.2. The van der Waals surface area contributed by atoms with Crippen molar-refractivity contribution in [3.8, 4) is 6.07 Å². The summed E-state index contributed by atoms with van der Waals surface area (Å²) in [4.78, 5) is 10.6. The van der Waals surface area contributed by atoms with Gasteiger partial charge in [0.15, 0.2) is 0 Å². The minimum absolute atomic E-state index is 0.0846. The van der Waals surface area contributed by atoms with Crippen LogP contribution in [-0.4, -0.2) is 11.1 Å². The molecule has 0 heterocycles. The Hall–Kier alpha value is -1.93. The second-order valence-electron chi connectivity index (χ2n) is 2.58. The van der Waals surface area contributed by atoms with Gasteiger partial charge in [-0.15, -0.1) is 0 Å². The average Bonchev–Trinajstić information content (AvgIpc) is 2.16. The van der Waals surface area contributed by atoms with Crippen LogP contribution in [0.1, 0.15) is 21.5 Å². The molecule has 0 aliphatic carbocycles. The zero-order valence-corrected chi connectivity index (χ0v) is 7.12. The fraction of sp³-hybridized carbons (Fsp3) is 0.111. The molecule has 5 heteroatoms. The Bertz CT molecular complexity index is 424. The third kappa shape index (κ3) is 1.56. The Balaban J connectivity index is 3.49. The molecular formula is C9H7FN2O2. The largest absolute Gasteiger partial charge is 0.478 e. The van der Waals surface area contributed by atoms with Gasteiger partial charge >= 0.3 is 5.97 Å². The van der Waals surface area contributed by atoms with Crippen molar-refractivity contribution in [2.75, 3.05) is 0 Å². The summed E-state index contributed by atoms with van der Waals surface area (Å²) in [7, 11) is 0. The van der Waals surface area contributed by atoms with Crippen LogP contribution in [0.2, 0.25) is 0 Å². The van der Waals surface area contributed by atoms with Crippen LogP contribution in [0.3, 0.4) is 0 Å². The van der Waals surface area contributed by atoms with Gasteiger partial charge in [0.05, 0.1) is 5.56 Å². The van der Waals surface area contributed by atoms with Crippen molar-refractivity contribution < 1.29 is 14.3 Å². The first kappa shape index (κ1) is 10.2. The number of hydrogen-bond donors (Lipinski definition) is 2. The van der Waals surface area contributed by atoms with Crippen molar-refractivity contribution in [2.24, 2.45) is 5.73 Å². The maximum absolute atomic E-state index is 13.4. The molecule has 0 unspecified atom stereocenters. The third-order valence-electron chi connectivity index (χ3n) is 1.78. The topological polar surface area (TPSA) is 87.1 Å². The molecular weight excluding hydrogens is 187 g/mol. The molecule has 1 aromatic rings. The Kier molecular flexibility index (Phi) is 2.79. The number of halogens is 1. The van der Waals surface area contributed by atoms with Crippen LogP contribution in [0.5, 0.6) is 0 Å². The molecule has 4 nitrogen and oxygen atoms in total. The maximum atomic E-state index is 13.4. The zero-order chi connectivity index (χ0) is 10.7. The van der Waals surface area contributed by atoms with Gasteiger partial charge in [-0.05, 0) is 6.07 Å². The molecule has 0 fully saturated rings. The Labute approximate surface area is 79.4 Å². The number of hydrogen-bond acceptors (Lipinski definition) is 3. The quantitative estimate of drug-likeness (QED) is 0.730. The highest BCUT2D eigenvalue weighted by Crippen LogP contribution is 2.17. The Morgan fingerprint density at radius 3 is 2.71 bits per heavy atom. The smallest absolute Gasteiger partial charge is 0.340 e. The highest BCUT2D eigenvalue weighted by molar-refractivity contribution is 5.91. The van der Waals surface area contributed by atoms with Gasteiger partial charge in [-0.2, -0.15) is 5.26 Å². The summed E-state index contributed by atoms with van der Waals surface area (Å²) in [6.07, 6.45) is 0. The molecule has 0 spiro atoms. The van der Waals surface area contributed by atoms with Crippen LogP contribution >= 0.6 is 0 Å². The van der Waals surface area contributed by atoms with Crippen molar-refractivity contribution in [2.45, 2.75) is 6.54 Å². The Morgan fingerprint density at radius 2 is 2.29 bits per heavy atom. The van der Waals surface area contributed by atoms with Gasteiger partial charge in [0.1, 0.15) is 17.4 Å². The minimum Gasteiger partial charge on any atom is -0.478 e. The molecule has 0 saturated carbocycles. The SMILES string of the molecule is N#Cc1ccc(CN)c(F)c1C(=O)O. The van der Waals surface area contributed by atoms with E-state index < -0.39 is 17.3 Å². The molecule has 1 rings (SSSR count). The number of carboxylic acids is 1. The van der Waals surface area contributed by atoms with Gasteiger partial charge in [-0.3, -0.25) is 0 Å². The van der Waals surface area contributed by atoms with E-state index in [1.54, 1.807) is 6.07 Å². The second-order valence-corrected chi connectivity index (χ2v) is 2.58. The molecule has 1 aromatic carbocycles. The van der Waals surface area contributed by atoms with Gasteiger partial charge < -0.3 is 10.8 Å². The standard InChI is InChI=1S/C9H7FN2O2/c10-8-6(4-12)2-1-5(3-11)7(8)9(13)14/h1-2H,4,12H2,(H,13,14). The summed E-state index contributed by atoms with van der Waals surface area (Å²) in [6.45, 7) is -0.0994. The number of rotatable bonds is 2. The van der Waals surface area contributed by atoms with Crippen molar-refractivity contribution >= 4 is 5.97 Å². The number of benzene rings is 1. The molecule has 3 N–H and O–H groups in total. The number of carboxylic acid groups (broad SMARTS) is 1. The van der Waals surface area contributed by atoms with Crippen molar-refractivity contribution in [1.29, 1.82) is 5.26 Å². The summed E-state index contributed by atoms with van der Waals surface area (Å²) >= 11 is 0. The van der Waals surface area contributed by atoms with Crippen LogP contribution in [0.4, 0.5) is 4.39 Å². The van der Waals surface area contributed by atoms with Crippen LogP contribution in [0.25, 0.3) is 0 Å². The molecule has 0 saturated heterocycles. The molecule has 0 radical (unpaired) electrons. The van der Waals surface area contributed by atoms with E-state index in [0.29, 0.717) is 0 Å². The van der Waals surface area contributed by atoms with Crippen LogP contribution in [0.15, 0.2) is 12.1 Å². The number of nitrogens with two attached hydrogens (primary N) is 1. The van der Waals surface area contributed by atoms with E-state index in [1.807, 2.05) is 0 Å². The highest BCUT2D eigenvalue weighted by Gasteiger charge is 2.18. The van der Waals surface area contributed by atoms with Gasteiger partial charge in [0, 0.05) is 12.1 Å². The number of nitriles is 1. The summed E-state index contributed by atoms with van der Waals surface area (Å²) in [6, 6.07) is 4.16. The molecule has 72 valence electrons. The summed E-state index contributed by atoms with van der Waals surface area (Å²) in [5.41, 5.74) is 4.46.